The molecule has 0 atom stereocenters. The van der Waals surface area contributed by atoms with Crippen LogP contribution in [0.5, 0.6) is 0 Å². The van der Waals surface area contributed by atoms with Gasteiger partial charge in [0.25, 0.3) is 5.91 Å². The SMILES string of the molecule is Cc1ccc2c(c1)N(C(=O)c1cnc(C(=O)O)cn1)CCC2. The summed E-state index contributed by atoms with van der Waals surface area (Å²) >= 11 is 0. The Morgan fingerprint density at radius 2 is 1.91 bits per heavy atom. The number of nitrogens with zero attached hydrogens (tertiary/aromatic N) is 3. The normalized spacial score (nSPS) is 13.6. The Morgan fingerprint density at radius 3 is 2.59 bits per heavy atom. The zero-order valence-corrected chi connectivity index (χ0v) is 12.1. The number of carbonyl (C=O) groups excluding carboxylic acids is 1. The maximum atomic E-state index is 12.6. The Kier molecular flexibility index (Phi) is 3.58. The third kappa shape index (κ3) is 2.55. The number of fused-ring (bicyclic) bond motifs is 1. The highest BCUT2D eigenvalue weighted by Gasteiger charge is 2.25. The molecule has 1 aromatic heterocycles. The summed E-state index contributed by atoms with van der Waals surface area (Å²) in [5.41, 5.74) is 3.11. The second kappa shape index (κ2) is 5.55. The summed E-state index contributed by atoms with van der Waals surface area (Å²) in [6, 6.07) is 6.07. The van der Waals surface area contributed by atoms with Crippen molar-refractivity contribution in [1.82, 2.24) is 9.97 Å². The average molecular weight is 297 g/mol. The van der Waals surface area contributed by atoms with E-state index in [1.54, 1.807) is 4.90 Å². The standard InChI is InChI=1S/C16H15N3O3/c1-10-4-5-11-3-2-6-19(14(11)7-10)15(20)12-8-18-13(9-17-12)16(21)22/h4-5,7-9H,2-3,6H2,1H3,(H,21,22). The van der Waals surface area contributed by atoms with Crippen LogP contribution in [0.3, 0.4) is 0 Å². The van der Waals surface area contributed by atoms with Crippen molar-refractivity contribution in [2.75, 3.05) is 11.4 Å². The van der Waals surface area contributed by atoms with E-state index in [9.17, 15) is 9.59 Å². The smallest absolute Gasteiger partial charge is 0.356 e. The van der Waals surface area contributed by atoms with Crippen molar-refractivity contribution in [3.05, 3.63) is 53.1 Å². The molecule has 22 heavy (non-hydrogen) atoms. The van der Waals surface area contributed by atoms with Crippen LogP contribution >= 0.6 is 0 Å². The lowest BCUT2D eigenvalue weighted by molar-refractivity contribution is 0.0689. The lowest BCUT2D eigenvalue weighted by Crippen LogP contribution is -2.36. The minimum atomic E-state index is -1.16. The predicted octanol–water partition coefficient (Wildman–Crippen LogP) is 2.08. The van der Waals surface area contributed by atoms with Crippen molar-refractivity contribution < 1.29 is 14.7 Å². The fourth-order valence-electron chi connectivity index (χ4n) is 2.58. The molecule has 6 nitrogen and oxygen atoms in total. The van der Waals surface area contributed by atoms with Crippen molar-refractivity contribution in [1.29, 1.82) is 0 Å². The number of rotatable bonds is 2. The Morgan fingerprint density at radius 1 is 1.18 bits per heavy atom. The molecule has 1 aliphatic rings. The van der Waals surface area contributed by atoms with Gasteiger partial charge < -0.3 is 10.0 Å². The number of anilines is 1. The van der Waals surface area contributed by atoms with Crippen molar-refractivity contribution in [2.45, 2.75) is 19.8 Å². The summed E-state index contributed by atoms with van der Waals surface area (Å²) in [6.07, 6.45) is 4.16. The van der Waals surface area contributed by atoms with Gasteiger partial charge in [-0.1, -0.05) is 12.1 Å². The zero-order valence-electron chi connectivity index (χ0n) is 12.1. The van der Waals surface area contributed by atoms with Gasteiger partial charge in [0.1, 0.15) is 5.69 Å². The van der Waals surface area contributed by atoms with Crippen LogP contribution in [0.2, 0.25) is 0 Å². The summed E-state index contributed by atoms with van der Waals surface area (Å²) in [4.78, 5) is 32.8. The highest BCUT2D eigenvalue weighted by atomic mass is 16.4. The molecule has 112 valence electrons. The molecule has 6 heteroatoms. The van der Waals surface area contributed by atoms with E-state index in [4.69, 9.17) is 5.11 Å². The number of carbonyl (C=O) groups is 2. The molecule has 0 radical (unpaired) electrons. The van der Waals surface area contributed by atoms with Gasteiger partial charge in [0.15, 0.2) is 5.69 Å². The van der Waals surface area contributed by atoms with Gasteiger partial charge in [0, 0.05) is 12.2 Å². The highest BCUT2D eigenvalue weighted by Crippen LogP contribution is 2.29. The fourth-order valence-corrected chi connectivity index (χ4v) is 2.58. The van der Waals surface area contributed by atoms with Crippen molar-refractivity contribution in [3.63, 3.8) is 0 Å². The largest absolute Gasteiger partial charge is 0.476 e. The molecule has 2 aromatic rings. The maximum Gasteiger partial charge on any atom is 0.356 e. The maximum absolute atomic E-state index is 12.6. The monoisotopic (exact) mass is 297 g/mol. The summed E-state index contributed by atoms with van der Waals surface area (Å²) in [7, 11) is 0. The molecule has 1 aliphatic heterocycles. The highest BCUT2D eigenvalue weighted by molar-refractivity contribution is 6.05. The molecule has 0 aliphatic carbocycles. The number of carboxylic acid groups (broad SMARTS) is 1. The first-order valence-electron chi connectivity index (χ1n) is 7.03. The van der Waals surface area contributed by atoms with Crippen LogP contribution in [-0.2, 0) is 6.42 Å². The molecular formula is C16H15N3O3. The molecule has 2 heterocycles. The lowest BCUT2D eigenvalue weighted by Gasteiger charge is -2.29. The van der Waals surface area contributed by atoms with E-state index in [1.165, 1.54) is 6.20 Å². The van der Waals surface area contributed by atoms with Crippen LogP contribution < -0.4 is 4.90 Å². The van der Waals surface area contributed by atoms with Gasteiger partial charge in [-0.3, -0.25) is 4.79 Å². The van der Waals surface area contributed by atoms with Crippen LogP contribution in [0, 0.1) is 6.92 Å². The third-order valence-corrected chi connectivity index (χ3v) is 3.69. The lowest BCUT2D eigenvalue weighted by atomic mass is 9.99. The van der Waals surface area contributed by atoms with Crippen LogP contribution in [0.4, 0.5) is 5.69 Å². The van der Waals surface area contributed by atoms with Gasteiger partial charge in [-0.05, 0) is 37.0 Å². The van der Waals surface area contributed by atoms with Crippen LogP contribution in [0.15, 0.2) is 30.6 Å². The van der Waals surface area contributed by atoms with E-state index in [0.29, 0.717) is 6.54 Å². The molecule has 0 saturated carbocycles. The summed E-state index contributed by atoms with van der Waals surface area (Å²) < 4.78 is 0. The van der Waals surface area contributed by atoms with Crippen molar-refractivity contribution >= 4 is 17.6 Å². The van der Waals surface area contributed by atoms with Gasteiger partial charge >= 0.3 is 5.97 Å². The minimum absolute atomic E-state index is 0.152. The first kappa shape index (κ1) is 14.2. The number of aryl methyl sites for hydroxylation is 2. The molecule has 3 rings (SSSR count). The molecule has 0 fully saturated rings. The average Bonchev–Trinajstić information content (AvgIpc) is 2.53. The molecule has 0 spiro atoms. The molecule has 0 unspecified atom stereocenters. The Bertz CT molecular complexity index is 741. The number of amides is 1. The first-order valence-corrected chi connectivity index (χ1v) is 7.03. The van der Waals surface area contributed by atoms with Gasteiger partial charge in [0.2, 0.25) is 0 Å². The number of hydrogen-bond acceptors (Lipinski definition) is 4. The Labute approximate surface area is 127 Å². The van der Waals surface area contributed by atoms with E-state index >= 15 is 0 Å². The van der Waals surface area contributed by atoms with Crippen LogP contribution in [-0.4, -0.2) is 33.5 Å². The summed E-state index contributed by atoms with van der Waals surface area (Å²) in [5, 5.41) is 8.83. The third-order valence-electron chi connectivity index (χ3n) is 3.69. The van der Waals surface area contributed by atoms with Gasteiger partial charge in [0.05, 0.1) is 12.4 Å². The minimum Gasteiger partial charge on any atom is -0.476 e. The van der Waals surface area contributed by atoms with Crippen molar-refractivity contribution in [3.8, 4) is 0 Å². The van der Waals surface area contributed by atoms with Gasteiger partial charge in [-0.25, -0.2) is 14.8 Å². The summed E-state index contributed by atoms with van der Waals surface area (Å²) in [5.74, 6) is -1.42. The van der Waals surface area contributed by atoms with Crippen LogP contribution in [0.25, 0.3) is 0 Å². The predicted molar refractivity (Wildman–Crippen MR) is 80.2 cm³/mol. The number of benzene rings is 1. The van der Waals surface area contributed by atoms with Gasteiger partial charge in [-0.15, -0.1) is 0 Å². The van der Waals surface area contributed by atoms with Crippen molar-refractivity contribution in [2.24, 2.45) is 0 Å². The van der Waals surface area contributed by atoms with E-state index in [1.807, 2.05) is 25.1 Å². The quantitative estimate of drug-likeness (QED) is 0.917. The zero-order chi connectivity index (χ0) is 15.7. The number of hydrogen-bond donors (Lipinski definition) is 1. The fraction of sp³-hybridized carbons (Fsp3) is 0.250. The number of aromatic carboxylic acids is 1. The Hall–Kier alpha value is -2.76. The second-order valence-corrected chi connectivity index (χ2v) is 5.28. The number of aromatic nitrogens is 2. The van der Waals surface area contributed by atoms with E-state index in [2.05, 4.69) is 9.97 Å². The molecular weight excluding hydrogens is 282 g/mol. The second-order valence-electron chi connectivity index (χ2n) is 5.28. The van der Waals surface area contributed by atoms with E-state index < -0.39 is 5.97 Å². The molecule has 1 amide bonds. The Balaban J connectivity index is 1.93. The first-order chi connectivity index (χ1) is 10.6. The summed E-state index contributed by atoms with van der Waals surface area (Å²) in [6.45, 7) is 2.61. The van der Waals surface area contributed by atoms with Crippen LogP contribution in [0.1, 0.15) is 38.5 Å². The topological polar surface area (TPSA) is 83.4 Å². The molecule has 0 saturated heterocycles. The molecule has 0 bridgehead atoms. The molecule has 1 aromatic carbocycles. The van der Waals surface area contributed by atoms with Gasteiger partial charge in [-0.2, -0.15) is 0 Å². The van der Waals surface area contributed by atoms with E-state index in [0.717, 1.165) is 35.9 Å². The molecule has 1 N–H and O–H groups in total. The van der Waals surface area contributed by atoms with E-state index in [-0.39, 0.29) is 17.3 Å². The number of carboxylic acids is 1.